The number of benzene rings is 3. The van der Waals surface area contributed by atoms with E-state index in [0.717, 1.165) is 33.7 Å². The highest BCUT2D eigenvalue weighted by molar-refractivity contribution is 7.18. The van der Waals surface area contributed by atoms with Crippen LogP contribution in [0.3, 0.4) is 0 Å². The van der Waals surface area contributed by atoms with Crippen molar-refractivity contribution in [2.75, 3.05) is 0 Å². The lowest BCUT2D eigenvalue weighted by molar-refractivity contribution is 0.500. The van der Waals surface area contributed by atoms with E-state index >= 15 is 0 Å². The largest absolute Gasteiger partial charge is 0.461 e. The van der Waals surface area contributed by atoms with Crippen LogP contribution in [0, 0.1) is 19.8 Å². The van der Waals surface area contributed by atoms with E-state index in [1.54, 1.807) is 11.3 Å². The van der Waals surface area contributed by atoms with Gasteiger partial charge in [-0.15, -0.1) is 11.3 Å². The van der Waals surface area contributed by atoms with E-state index in [9.17, 15) is 0 Å². The number of rotatable bonds is 4. The van der Waals surface area contributed by atoms with Gasteiger partial charge < -0.3 is 4.42 Å². The van der Waals surface area contributed by atoms with Crippen LogP contribution in [-0.2, 0) is 11.8 Å². The SMILES string of the molecule is Cc1sc2nc(-c3cc(C(C)(C)C)c4ccccc4c3)cc(-c3ccc4oc(CC(C)C)cc4c3)c2c1C. The third-order valence-corrected chi connectivity index (χ3v) is 8.69. The van der Waals surface area contributed by atoms with Gasteiger partial charge in [-0.2, -0.15) is 0 Å². The number of nitrogens with zero attached hydrogens (tertiary/aromatic N) is 1. The lowest BCUT2D eigenvalue weighted by Crippen LogP contribution is -2.12. The van der Waals surface area contributed by atoms with Gasteiger partial charge in [-0.25, -0.2) is 4.98 Å². The Labute approximate surface area is 229 Å². The van der Waals surface area contributed by atoms with Crippen molar-refractivity contribution in [3.63, 3.8) is 0 Å². The highest BCUT2D eigenvalue weighted by Gasteiger charge is 2.21. The fraction of sp³-hybridized carbons (Fsp3) is 0.286. The van der Waals surface area contributed by atoms with Gasteiger partial charge in [0.1, 0.15) is 16.2 Å². The van der Waals surface area contributed by atoms with Crippen LogP contribution in [0.4, 0.5) is 0 Å². The van der Waals surface area contributed by atoms with Gasteiger partial charge >= 0.3 is 0 Å². The highest BCUT2D eigenvalue weighted by atomic mass is 32.1. The number of thiophene rings is 1. The molecule has 192 valence electrons. The van der Waals surface area contributed by atoms with Crippen LogP contribution >= 0.6 is 11.3 Å². The second-order valence-corrected chi connectivity index (χ2v) is 13.3. The number of fused-ring (bicyclic) bond motifs is 3. The van der Waals surface area contributed by atoms with Gasteiger partial charge in [-0.1, -0.05) is 65.0 Å². The summed E-state index contributed by atoms with van der Waals surface area (Å²) in [6.07, 6.45) is 0.953. The van der Waals surface area contributed by atoms with Crippen LogP contribution in [-0.4, -0.2) is 4.98 Å². The molecule has 0 radical (unpaired) electrons. The first-order valence-electron chi connectivity index (χ1n) is 13.6. The predicted octanol–water partition coefficient (Wildman–Crippen LogP) is 10.6. The molecule has 0 amide bonds. The van der Waals surface area contributed by atoms with Crippen molar-refractivity contribution in [1.82, 2.24) is 4.98 Å². The van der Waals surface area contributed by atoms with E-state index < -0.39 is 0 Å². The Morgan fingerprint density at radius 1 is 0.868 bits per heavy atom. The minimum Gasteiger partial charge on any atom is -0.461 e. The molecule has 0 saturated carbocycles. The third kappa shape index (κ3) is 4.33. The molecule has 0 fully saturated rings. The quantitative estimate of drug-likeness (QED) is 0.232. The highest BCUT2D eigenvalue weighted by Crippen LogP contribution is 2.41. The standard InChI is InChI=1S/C35H35NOS/c1-20(2)14-27-17-26-16-24(12-13-32(26)37-27)29-19-31(36-34-33(29)21(3)22(4)38-34)25-15-23-10-8-9-11-28(23)30(18-25)35(5,6)7/h8-13,15-20H,14H2,1-7H3. The molecule has 0 unspecified atom stereocenters. The van der Waals surface area contributed by atoms with Crippen molar-refractivity contribution in [3.8, 4) is 22.4 Å². The zero-order valence-corrected chi connectivity index (χ0v) is 24.2. The van der Waals surface area contributed by atoms with E-state index in [2.05, 4.69) is 115 Å². The zero-order valence-electron chi connectivity index (χ0n) is 23.4. The molecule has 0 aliphatic rings. The molecule has 0 saturated heterocycles. The Kier molecular flexibility index (Phi) is 5.96. The van der Waals surface area contributed by atoms with Crippen molar-refractivity contribution >= 4 is 43.3 Å². The summed E-state index contributed by atoms with van der Waals surface area (Å²) in [5, 5.41) is 5.00. The van der Waals surface area contributed by atoms with Crippen LogP contribution in [0.15, 0.2) is 71.1 Å². The van der Waals surface area contributed by atoms with Crippen LogP contribution < -0.4 is 0 Å². The van der Waals surface area contributed by atoms with Gasteiger partial charge in [-0.3, -0.25) is 0 Å². The molecule has 0 N–H and O–H groups in total. The summed E-state index contributed by atoms with van der Waals surface area (Å²) in [7, 11) is 0. The van der Waals surface area contributed by atoms with Crippen molar-refractivity contribution < 1.29 is 4.42 Å². The topological polar surface area (TPSA) is 26.0 Å². The zero-order chi connectivity index (χ0) is 26.8. The Bertz CT molecular complexity index is 1830. The first kappa shape index (κ1) is 24.9. The van der Waals surface area contributed by atoms with Crippen molar-refractivity contribution in [3.05, 3.63) is 88.5 Å². The maximum atomic E-state index is 6.15. The van der Waals surface area contributed by atoms with E-state index in [1.165, 1.54) is 48.9 Å². The van der Waals surface area contributed by atoms with E-state index in [-0.39, 0.29) is 5.41 Å². The van der Waals surface area contributed by atoms with Crippen LogP contribution in [0.25, 0.3) is 54.3 Å². The molecule has 0 spiro atoms. The van der Waals surface area contributed by atoms with Crippen molar-refractivity contribution in [2.24, 2.45) is 5.92 Å². The Hall–Kier alpha value is -3.43. The molecule has 3 aromatic heterocycles. The lowest BCUT2D eigenvalue weighted by Gasteiger charge is -2.23. The molecule has 2 nitrogen and oxygen atoms in total. The van der Waals surface area contributed by atoms with E-state index in [1.807, 2.05) is 0 Å². The molecule has 6 rings (SSSR count). The van der Waals surface area contributed by atoms with Crippen LogP contribution in [0.1, 0.15) is 56.4 Å². The summed E-state index contributed by atoms with van der Waals surface area (Å²) in [4.78, 5) is 7.67. The average molecular weight is 518 g/mol. The number of hydrogen-bond donors (Lipinski definition) is 0. The molecule has 38 heavy (non-hydrogen) atoms. The summed E-state index contributed by atoms with van der Waals surface area (Å²) in [6.45, 7) is 15.8. The summed E-state index contributed by atoms with van der Waals surface area (Å²) in [6, 6.07) is 24.5. The van der Waals surface area contributed by atoms with Gasteiger partial charge in [-0.05, 0) is 94.6 Å². The number of pyridine rings is 1. The maximum absolute atomic E-state index is 6.15. The normalized spacial score (nSPS) is 12.4. The monoisotopic (exact) mass is 517 g/mol. The molecule has 3 aromatic carbocycles. The number of hydrogen-bond acceptors (Lipinski definition) is 3. The smallest absolute Gasteiger partial charge is 0.134 e. The Balaban J connectivity index is 1.59. The van der Waals surface area contributed by atoms with Gasteiger partial charge in [0.2, 0.25) is 0 Å². The molecule has 3 heterocycles. The fourth-order valence-electron chi connectivity index (χ4n) is 5.58. The number of furan rings is 1. The van der Waals surface area contributed by atoms with Crippen LogP contribution in [0.5, 0.6) is 0 Å². The van der Waals surface area contributed by atoms with Crippen molar-refractivity contribution in [2.45, 2.75) is 60.3 Å². The second-order valence-electron chi connectivity index (χ2n) is 12.1. The molecule has 0 aliphatic carbocycles. The maximum Gasteiger partial charge on any atom is 0.134 e. The minimum absolute atomic E-state index is 0.0265. The van der Waals surface area contributed by atoms with E-state index in [0.29, 0.717) is 5.92 Å². The number of aryl methyl sites for hydroxylation is 2. The molecule has 6 aromatic rings. The first-order chi connectivity index (χ1) is 18.1. The van der Waals surface area contributed by atoms with Gasteiger partial charge in [0, 0.05) is 27.6 Å². The minimum atomic E-state index is 0.0265. The van der Waals surface area contributed by atoms with Crippen LogP contribution in [0.2, 0.25) is 0 Å². The molecular formula is C35H35NOS. The van der Waals surface area contributed by atoms with E-state index in [4.69, 9.17) is 9.40 Å². The summed E-state index contributed by atoms with van der Waals surface area (Å²) in [5.74, 6) is 1.62. The Morgan fingerprint density at radius 3 is 2.39 bits per heavy atom. The summed E-state index contributed by atoms with van der Waals surface area (Å²) >= 11 is 1.79. The molecular weight excluding hydrogens is 482 g/mol. The second kappa shape index (κ2) is 9.10. The fourth-order valence-corrected chi connectivity index (χ4v) is 6.63. The first-order valence-corrected chi connectivity index (χ1v) is 14.4. The van der Waals surface area contributed by atoms with Crippen molar-refractivity contribution in [1.29, 1.82) is 0 Å². The molecule has 0 bridgehead atoms. The molecule has 3 heteroatoms. The van der Waals surface area contributed by atoms with Gasteiger partial charge in [0.15, 0.2) is 0 Å². The lowest BCUT2D eigenvalue weighted by atomic mass is 9.82. The molecule has 0 aliphatic heterocycles. The summed E-state index contributed by atoms with van der Waals surface area (Å²) < 4.78 is 6.15. The predicted molar refractivity (Wildman–Crippen MR) is 164 cm³/mol. The van der Waals surface area contributed by atoms with Gasteiger partial charge in [0.25, 0.3) is 0 Å². The number of aromatic nitrogens is 1. The summed E-state index contributed by atoms with van der Waals surface area (Å²) in [5.41, 5.74) is 8.30. The third-order valence-electron chi connectivity index (χ3n) is 7.59. The average Bonchev–Trinajstić information content (AvgIpc) is 3.40. The molecule has 0 atom stereocenters. The van der Waals surface area contributed by atoms with Gasteiger partial charge in [0.05, 0.1) is 5.69 Å². The Morgan fingerprint density at radius 2 is 1.63 bits per heavy atom.